The molecule has 1 aromatic carbocycles. The molecule has 1 unspecified atom stereocenters. The lowest BCUT2D eigenvalue weighted by Crippen LogP contribution is -2.11. The predicted octanol–water partition coefficient (Wildman–Crippen LogP) is 1.97. The summed E-state index contributed by atoms with van der Waals surface area (Å²) >= 11 is 0. The fourth-order valence-corrected chi connectivity index (χ4v) is 1.66. The van der Waals surface area contributed by atoms with E-state index in [4.69, 9.17) is 4.74 Å². The summed E-state index contributed by atoms with van der Waals surface area (Å²) in [6.07, 6.45) is 1.66. The van der Waals surface area contributed by atoms with E-state index in [1.807, 2.05) is 32.0 Å². The number of hydrogen-bond acceptors (Lipinski definition) is 5. The molecule has 104 valence electrons. The molecule has 1 N–H and O–H groups in total. The summed E-state index contributed by atoms with van der Waals surface area (Å²) in [7, 11) is 3.75. The Morgan fingerprint density at radius 2 is 2.35 bits per heavy atom. The zero-order valence-electron chi connectivity index (χ0n) is 11.8. The van der Waals surface area contributed by atoms with Crippen molar-refractivity contribution in [1.29, 1.82) is 5.26 Å². The molecule has 6 heteroatoms. The van der Waals surface area contributed by atoms with Gasteiger partial charge >= 0.3 is 0 Å². The van der Waals surface area contributed by atoms with Crippen LogP contribution in [-0.4, -0.2) is 44.0 Å². The van der Waals surface area contributed by atoms with Crippen molar-refractivity contribution in [2.75, 3.05) is 26.0 Å². The first-order valence-electron chi connectivity index (χ1n) is 6.31. The minimum atomic E-state index is 0.164. The minimum absolute atomic E-state index is 0.164. The van der Waals surface area contributed by atoms with Crippen molar-refractivity contribution in [1.82, 2.24) is 4.90 Å². The molecule has 6 nitrogen and oxygen atoms in total. The van der Waals surface area contributed by atoms with Gasteiger partial charge in [0.2, 0.25) is 0 Å². The SMILES string of the molecule is CC1COC(Nc2ccc(N=CN(C)C)c(C#N)c2)=N1. The van der Waals surface area contributed by atoms with Crippen molar-refractivity contribution in [2.45, 2.75) is 13.0 Å². The number of anilines is 1. The van der Waals surface area contributed by atoms with Crippen LogP contribution in [0.15, 0.2) is 28.2 Å². The third kappa shape index (κ3) is 3.48. The van der Waals surface area contributed by atoms with Gasteiger partial charge in [0.25, 0.3) is 6.02 Å². The zero-order chi connectivity index (χ0) is 14.5. The average Bonchev–Trinajstić information content (AvgIpc) is 2.82. The Bertz CT molecular complexity index is 586. The Morgan fingerprint density at radius 3 is 2.95 bits per heavy atom. The van der Waals surface area contributed by atoms with Gasteiger partial charge in [-0.1, -0.05) is 0 Å². The number of hydrogen-bond donors (Lipinski definition) is 1. The highest BCUT2D eigenvalue weighted by molar-refractivity contribution is 5.90. The Kier molecular flexibility index (Phi) is 4.20. The molecule has 1 aliphatic heterocycles. The molecule has 1 atom stereocenters. The van der Waals surface area contributed by atoms with Gasteiger partial charge in [-0.3, -0.25) is 0 Å². The number of ether oxygens (including phenoxy) is 1. The van der Waals surface area contributed by atoms with Crippen LogP contribution >= 0.6 is 0 Å². The Labute approximate surface area is 118 Å². The van der Waals surface area contributed by atoms with Crippen molar-refractivity contribution in [2.24, 2.45) is 9.98 Å². The summed E-state index contributed by atoms with van der Waals surface area (Å²) in [6.45, 7) is 2.56. The fourth-order valence-electron chi connectivity index (χ4n) is 1.66. The van der Waals surface area contributed by atoms with Gasteiger partial charge in [0.05, 0.1) is 23.6 Å². The van der Waals surface area contributed by atoms with Crippen LogP contribution in [0.25, 0.3) is 0 Å². The average molecular weight is 271 g/mol. The maximum atomic E-state index is 9.18. The van der Waals surface area contributed by atoms with Crippen molar-refractivity contribution >= 4 is 23.7 Å². The largest absolute Gasteiger partial charge is 0.463 e. The van der Waals surface area contributed by atoms with E-state index in [1.54, 1.807) is 18.5 Å². The second-order valence-corrected chi connectivity index (χ2v) is 4.77. The van der Waals surface area contributed by atoms with E-state index in [0.717, 1.165) is 5.69 Å². The quantitative estimate of drug-likeness (QED) is 0.673. The van der Waals surface area contributed by atoms with E-state index in [1.165, 1.54) is 0 Å². The number of benzene rings is 1. The number of rotatable bonds is 3. The second-order valence-electron chi connectivity index (χ2n) is 4.77. The number of aliphatic imine (C=N–C) groups is 2. The van der Waals surface area contributed by atoms with Crippen LogP contribution in [0, 0.1) is 11.3 Å². The highest BCUT2D eigenvalue weighted by Gasteiger charge is 2.14. The number of nitrogens with zero attached hydrogens (tertiary/aromatic N) is 4. The van der Waals surface area contributed by atoms with E-state index in [-0.39, 0.29) is 6.04 Å². The Hall–Kier alpha value is -2.55. The number of nitriles is 1. The summed E-state index contributed by atoms with van der Waals surface area (Å²) < 4.78 is 5.37. The molecule has 0 fully saturated rings. The first kappa shape index (κ1) is 13.9. The predicted molar refractivity (Wildman–Crippen MR) is 79.5 cm³/mol. The highest BCUT2D eigenvalue weighted by Crippen LogP contribution is 2.23. The molecule has 0 spiro atoms. The molecule has 1 aromatic rings. The van der Waals surface area contributed by atoms with Crippen LogP contribution in [0.1, 0.15) is 12.5 Å². The van der Waals surface area contributed by atoms with Gasteiger partial charge in [0, 0.05) is 19.8 Å². The van der Waals surface area contributed by atoms with Crippen LogP contribution < -0.4 is 5.32 Å². The topological polar surface area (TPSA) is 73.0 Å². The van der Waals surface area contributed by atoms with Gasteiger partial charge in [-0.25, -0.2) is 9.98 Å². The van der Waals surface area contributed by atoms with E-state index < -0.39 is 0 Å². The molecule has 2 rings (SSSR count). The monoisotopic (exact) mass is 271 g/mol. The molecular formula is C14H17N5O. The lowest BCUT2D eigenvalue weighted by molar-refractivity contribution is 0.322. The van der Waals surface area contributed by atoms with Crippen molar-refractivity contribution < 1.29 is 4.74 Å². The van der Waals surface area contributed by atoms with Crippen LogP contribution in [0.5, 0.6) is 0 Å². The molecular weight excluding hydrogens is 254 g/mol. The third-order valence-electron chi connectivity index (χ3n) is 2.59. The standard InChI is InChI=1S/C14H17N5O/c1-10-8-20-14(17-10)18-12-4-5-13(11(6-12)7-15)16-9-19(2)3/h4-6,9-10H,8H2,1-3H3,(H,17,18). The number of amidine groups is 1. The summed E-state index contributed by atoms with van der Waals surface area (Å²) in [4.78, 5) is 10.4. The van der Waals surface area contributed by atoms with Crippen LogP contribution in [0.3, 0.4) is 0 Å². The van der Waals surface area contributed by atoms with Gasteiger partial charge in [-0.15, -0.1) is 0 Å². The first-order chi connectivity index (χ1) is 9.58. The van der Waals surface area contributed by atoms with Gasteiger partial charge in [0.15, 0.2) is 0 Å². The van der Waals surface area contributed by atoms with E-state index >= 15 is 0 Å². The second kappa shape index (κ2) is 6.06. The molecule has 0 radical (unpaired) electrons. The maximum absolute atomic E-state index is 9.18. The van der Waals surface area contributed by atoms with E-state index in [9.17, 15) is 5.26 Å². The van der Waals surface area contributed by atoms with Crippen LogP contribution in [0.2, 0.25) is 0 Å². The maximum Gasteiger partial charge on any atom is 0.289 e. The Balaban J connectivity index is 2.17. The molecule has 1 aliphatic rings. The lowest BCUT2D eigenvalue weighted by atomic mass is 10.2. The van der Waals surface area contributed by atoms with Gasteiger partial charge in [-0.2, -0.15) is 5.26 Å². The molecule has 0 amide bonds. The first-order valence-corrected chi connectivity index (χ1v) is 6.31. The fraction of sp³-hybridized carbons (Fsp3) is 0.357. The molecule has 0 saturated heterocycles. The van der Waals surface area contributed by atoms with Gasteiger partial charge in [0.1, 0.15) is 12.7 Å². The normalized spacial score (nSPS) is 17.5. The molecule has 1 heterocycles. The third-order valence-corrected chi connectivity index (χ3v) is 2.59. The number of nitrogens with one attached hydrogen (secondary N) is 1. The van der Waals surface area contributed by atoms with Crippen molar-refractivity contribution in [3.63, 3.8) is 0 Å². The van der Waals surface area contributed by atoms with Crippen molar-refractivity contribution in [3.8, 4) is 6.07 Å². The van der Waals surface area contributed by atoms with Crippen molar-refractivity contribution in [3.05, 3.63) is 23.8 Å². The lowest BCUT2D eigenvalue weighted by Gasteiger charge is -2.07. The summed E-state index contributed by atoms with van der Waals surface area (Å²) in [5, 5.41) is 12.2. The summed E-state index contributed by atoms with van der Waals surface area (Å²) in [5.74, 6) is 0. The van der Waals surface area contributed by atoms with E-state index in [0.29, 0.717) is 23.9 Å². The molecule has 0 aliphatic carbocycles. The van der Waals surface area contributed by atoms with Crippen LogP contribution in [-0.2, 0) is 4.74 Å². The zero-order valence-corrected chi connectivity index (χ0v) is 11.8. The molecule has 20 heavy (non-hydrogen) atoms. The molecule has 0 aromatic heterocycles. The molecule has 0 saturated carbocycles. The van der Waals surface area contributed by atoms with Crippen LogP contribution in [0.4, 0.5) is 11.4 Å². The molecule has 0 bridgehead atoms. The summed E-state index contributed by atoms with van der Waals surface area (Å²) in [5.41, 5.74) is 1.90. The summed E-state index contributed by atoms with van der Waals surface area (Å²) in [6, 6.07) is 8.17. The van der Waals surface area contributed by atoms with Gasteiger partial charge < -0.3 is 15.0 Å². The van der Waals surface area contributed by atoms with Gasteiger partial charge in [-0.05, 0) is 25.1 Å². The minimum Gasteiger partial charge on any atom is -0.463 e. The smallest absolute Gasteiger partial charge is 0.289 e. The van der Waals surface area contributed by atoms with E-state index in [2.05, 4.69) is 21.4 Å². The highest BCUT2D eigenvalue weighted by atomic mass is 16.5. The Morgan fingerprint density at radius 1 is 1.55 bits per heavy atom.